The van der Waals surface area contributed by atoms with Crippen LogP contribution in [-0.4, -0.2) is 41.9 Å². The quantitative estimate of drug-likeness (QED) is 0.659. The predicted molar refractivity (Wildman–Crippen MR) is 90.5 cm³/mol. The minimum Gasteiger partial charge on any atom is -0.444 e. The number of carbonyl (C=O) groups is 1. The molecule has 27 heavy (non-hydrogen) atoms. The lowest BCUT2D eigenvalue weighted by atomic mass is 9.87. The van der Waals surface area contributed by atoms with Crippen LogP contribution in [0.5, 0.6) is 0 Å². The van der Waals surface area contributed by atoms with Gasteiger partial charge in [0.25, 0.3) is 0 Å². The molecule has 1 aromatic carbocycles. The average Bonchev–Trinajstić information content (AvgIpc) is 2.51. The molecule has 0 radical (unpaired) electrons. The summed E-state index contributed by atoms with van der Waals surface area (Å²) in [5.41, 5.74) is -1.33. The molecule has 4 nitrogen and oxygen atoms in total. The third kappa shape index (κ3) is 4.26. The van der Waals surface area contributed by atoms with Crippen LogP contribution in [0.15, 0.2) is 24.3 Å². The second-order valence-corrected chi connectivity index (χ2v) is 7.73. The van der Waals surface area contributed by atoms with Crippen molar-refractivity contribution in [1.29, 1.82) is 0 Å². The first-order chi connectivity index (χ1) is 12.5. The van der Waals surface area contributed by atoms with Crippen molar-refractivity contribution in [3.05, 3.63) is 41.2 Å². The highest BCUT2D eigenvalue weighted by Gasteiger charge is 2.42. The molecule has 2 aliphatic heterocycles. The number of carbonyl (C=O) groups excluding carboxylic acids is 1. The monoisotopic (exact) mass is 387 g/mol. The zero-order valence-corrected chi connectivity index (χ0v) is 15.3. The van der Waals surface area contributed by atoms with E-state index >= 15 is 0 Å². The summed E-state index contributed by atoms with van der Waals surface area (Å²) >= 11 is 0. The molecular formula is C19H21F4NO3. The Kier molecular flexibility index (Phi) is 4.96. The number of benzene rings is 1. The topological polar surface area (TPSA) is 38.8 Å². The second kappa shape index (κ2) is 6.82. The van der Waals surface area contributed by atoms with Crippen LogP contribution in [0.3, 0.4) is 0 Å². The summed E-state index contributed by atoms with van der Waals surface area (Å²) in [6.07, 6.45) is -3.44. The van der Waals surface area contributed by atoms with E-state index in [9.17, 15) is 22.4 Å². The first-order valence-corrected chi connectivity index (χ1v) is 8.62. The summed E-state index contributed by atoms with van der Waals surface area (Å²) in [7, 11) is 0. The Labute approximate surface area is 154 Å². The third-order valence-corrected chi connectivity index (χ3v) is 4.44. The van der Waals surface area contributed by atoms with Crippen LogP contribution >= 0.6 is 0 Å². The van der Waals surface area contributed by atoms with Crippen molar-refractivity contribution in [2.45, 2.75) is 51.1 Å². The normalized spacial score (nSPS) is 23.1. The Morgan fingerprint density at radius 1 is 1.22 bits per heavy atom. The predicted octanol–water partition coefficient (Wildman–Crippen LogP) is 4.64. The fraction of sp³-hybridized carbons (Fsp3) is 0.526. The van der Waals surface area contributed by atoms with Gasteiger partial charge in [-0.05, 0) is 50.5 Å². The molecule has 3 rings (SSSR count). The van der Waals surface area contributed by atoms with Crippen molar-refractivity contribution in [2.24, 2.45) is 0 Å². The van der Waals surface area contributed by atoms with Gasteiger partial charge in [-0.1, -0.05) is 12.1 Å². The molecule has 1 fully saturated rings. The molecule has 2 heterocycles. The maximum absolute atomic E-state index is 13.4. The molecule has 2 unspecified atom stereocenters. The van der Waals surface area contributed by atoms with E-state index < -0.39 is 41.3 Å². The fourth-order valence-corrected chi connectivity index (χ4v) is 3.43. The molecule has 0 spiro atoms. The number of rotatable bonds is 1. The Balaban J connectivity index is 1.96. The molecule has 148 valence electrons. The smallest absolute Gasteiger partial charge is 0.417 e. The summed E-state index contributed by atoms with van der Waals surface area (Å²) in [6.45, 7) is 5.61. The van der Waals surface area contributed by atoms with E-state index in [4.69, 9.17) is 9.47 Å². The van der Waals surface area contributed by atoms with Crippen molar-refractivity contribution in [3.8, 4) is 0 Å². The van der Waals surface area contributed by atoms with Crippen molar-refractivity contribution < 1.29 is 31.8 Å². The van der Waals surface area contributed by atoms with E-state index in [1.807, 2.05) is 0 Å². The molecule has 0 N–H and O–H groups in total. The molecule has 1 amide bonds. The second-order valence-electron chi connectivity index (χ2n) is 7.73. The minimum absolute atomic E-state index is 0.0651. The molecule has 8 heteroatoms. The number of ether oxygens (including phenoxy) is 2. The highest BCUT2D eigenvalue weighted by atomic mass is 19.4. The molecule has 2 aliphatic rings. The third-order valence-electron chi connectivity index (χ3n) is 4.44. The van der Waals surface area contributed by atoms with E-state index in [-0.39, 0.29) is 25.2 Å². The molecule has 0 saturated carbocycles. The van der Waals surface area contributed by atoms with E-state index in [0.29, 0.717) is 11.6 Å². The van der Waals surface area contributed by atoms with E-state index in [1.54, 1.807) is 26.8 Å². The van der Waals surface area contributed by atoms with Gasteiger partial charge in [-0.3, -0.25) is 4.90 Å². The summed E-state index contributed by atoms with van der Waals surface area (Å²) in [6, 6.07) is 1.68. The van der Waals surface area contributed by atoms with E-state index in [0.717, 1.165) is 12.1 Å². The molecule has 0 aliphatic carbocycles. The molecule has 1 aromatic rings. The molecule has 0 aromatic heterocycles. The molecule has 1 saturated heterocycles. The van der Waals surface area contributed by atoms with Crippen molar-refractivity contribution >= 4 is 11.7 Å². The first kappa shape index (κ1) is 19.7. The molecule has 2 bridgehead atoms. The maximum atomic E-state index is 13.4. The van der Waals surface area contributed by atoms with Crippen LogP contribution in [0.25, 0.3) is 5.57 Å². The number of fused-ring (bicyclic) bond motifs is 2. The van der Waals surface area contributed by atoms with Crippen LogP contribution in [0.4, 0.5) is 22.4 Å². The number of hydrogen-bond acceptors (Lipinski definition) is 3. The van der Waals surface area contributed by atoms with Gasteiger partial charge in [-0.2, -0.15) is 13.2 Å². The fourth-order valence-electron chi connectivity index (χ4n) is 3.43. The minimum atomic E-state index is -4.67. The van der Waals surface area contributed by atoms with Gasteiger partial charge >= 0.3 is 12.3 Å². The number of morpholine rings is 1. The van der Waals surface area contributed by atoms with E-state index in [2.05, 4.69) is 0 Å². The van der Waals surface area contributed by atoms with Gasteiger partial charge in [0.15, 0.2) is 0 Å². The highest BCUT2D eigenvalue weighted by molar-refractivity contribution is 5.76. The average molecular weight is 387 g/mol. The highest BCUT2D eigenvalue weighted by Crippen LogP contribution is 2.40. The number of hydrogen-bond donors (Lipinski definition) is 0. The summed E-state index contributed by atoms with van der Waals surface area (Å²) in [5, 5.41) is 0. The van der Waals surface area contributed by atoms with E-state index in [1.165, 1.54) is 4.90 Å². The summed E-state index contributed by atoms with van der Waals surface area (Å²) < 4.78 is 64.4. The van der Waals surface area contributed by atoms with Gasteiger partial charge in [-0.25, -0.2) is 9.18 Å². The van der Waals surface area contributed by atoms with Gasteiger partial charge < -0.3 is 9.47 Å². The SMILES string of the molecule is CC(C)(C)OC(=O)N1C2C=C(c3ccc(F)cc3C(F)(F)F)CC1COC2. The van der Waals surface area contributed by atoms with Crippen LogP contribution < -0.4 is 0 Å². The molecular weight excluding hydrogens is 366 g/mol. The summed E-state index contributed by atoms with van der Waals surface area (Å²) in [4.78, 5) is 14.1. The zero-order valence-electron chi connectivity index (χ0n) is 15.3. The van der Waals surface area contributed by atoms with Crippen LogP contribution in [0, 0.1) is 5.82 Å². The zero-order chi connectivity index (χ0) is 20.0. The number of nitrogens with zero attached hydrogens (tertiary/aromatic N) is 1. The van der Waals surface area contributed by atoms with Crippen LogP contribution in [-0.2, 0) is 15.7 Å². The lowest BCUT2D eigenvalue weighted by Crippen LogP contribution is -2.57. The number of alkyl halides is 3. The lowest BCUT2D eigenvalue weighted by molar-refractivity contribution is -0.138. The van der Waals surface area contributed by atoms with Crippen LogP contribution in [0.2, 0.25) is 0 Å². The van der Waals surface area contributed by atoms with Gasteiger partial charge in [-0.15, -0.1) is 0 Å². The van der Waals surface area contributed by atoms with Crippen LogP contribution in [0.1, 0.15) is 38.3 Å². The van der Waals surface area contributed by atoms with Crippen molar-refractivity contribution in [1.82, 2.24) is 4.90 Å². The summed E-state index contributed by atoms with van der Waals surface area (Å²) in [5.74, 6) is -0.943. The van der Waals surface area contributed by atoms with Gasteiger partial charge in [0.2, 0.25) is 0 Å². The standard InChI is InChI=1S/C19H21F4NO3/c1-18(2,3)27-17(25)24-13-6-11(7-14(24)10-26-9-13)15-5-4-12(20)8-16(15)19(21,22)23/h4-6,8,13-14H,7,9-10H2,1-3H3. The largest absolute Gasteiger partial charge is 0.444 e. The van der Waals surface area contributed by atoms with Crippen molar-refractivity contribution in [2.75, 3.05) is 13.2 Å². The Hall–Kier alpha value is -2.09. The molecule has 2 atom stereocenters. The number of halogens is 4. The lowest BCUT2D eigenvalue weighted by Gasteiger charge is -2.44. The maximum Gasteiger partial charge on any atom is 0.417 e. The van der Waals surface area contributed by atoms with Gasteiger partial charge in [0.1, 0.15) is 11.4 Å². The Morgan fingerprint density at radius 2 is 1.93 bits per heavy atom. The Bertz CT molecular complexity index is 767. The first-order valence-electron chi connectivity index (χ1n) is 8.62. The van der Waals surface area contributed by atoms with Gasteiger partial charge in [0, 0.05) is 0 Å². The number of amides is 1. The van der Waals surface area contributed by atoms with Gasteiger partial charge in [0.05, 0.1) is 30.9 Å². The van der Waals surface area contributed by atoms with Crippen molar-refractivity contribution in [3.63, 3.8) is 0 Å². The Morgan fingerprint density at radius 3 is 2.52 bits per heavy atom.